The topological polar surface area (TPSA) is 73.1 Å². The van der Waals surface area contributed by atoms with E-state index >= 15 is 0 Å². The fourth-order valence-corrected chi connectivity index (χ4v) is 5.14. The first-order valence-electron chi connectivity index (χ1n) is 11.3. The van der Waals surface area contributed by atoms with Crippen LogP contribution >= 0.6 is 0 Å². The Balaban J connectivity index is 1.57. The third-order valence-electron chi connectivity index (χ3n) is 6.48. The van der Waals surface area contributed by atoms with Gasteiger partial charge in [0.2, 0.25) is 0 Å². The van der Waals surface area contributed by atoms with Gasteiger partial charge in [0.05, 0.1) is 52.2 Å². The van der Waals surface area contributed by atoms with Crippen molar-refractivity contribution in [3.05, 3.63) is 83.2 Å². The van der Waals surface area contributed by atoms with Crippen molar-refractivity contribution in [3.8, 4) is 17.6 Å². The summed E-state index contributed by atoms with van der Waals surface area (Å²) in [6, 6.07) is 8.57. The zero-order chi connectivity index (χ0) is 25.9. The van der Waals surface area contributed by atoms with Crippen molar-refractivity contribution in [1.82, 2.24) is 24.4 Å². The van der Waals surface area contributed by atoms with Crippen LogP contribution < -0.4 is 4.74 Å². The van der Waals surface area contributed by atoms with E-state index in [0.29, 0.717) is 33.5 Å². The highest BCUT2D eigenvalue weighted by Crippen LogP contribution is 2.51. The molecule has 2 aliphatic heterocycles. The minimum absolute atomic E-state index is 0.113. The van der Waals surface area contributed by atoms with Crippen LogP contribution in [0.3, 0.4) is 0 Å². The van der Waals surface area contributed by atoms with Crippen LogP contribution in [0.25, 0.3) is 11.0 Å². The van der Waals surface area contributed by atoms with Crippen LogP contribution in [0.2, 0.25) is 0 Å². The molecule has 6 rings (SSSR count). The number of nitrogens with zero attached hydrogens (tertiary/aromatic N) is 5. The van der Waals surface area contributed by atoms with Crippen LogP contribution in [0, 0.1) is 11.8 Å². The zero-order valence-corrected chi connectivity index (χ0v) is 19.2. The second-order valence-corrected chi connectivity index (χ2v) is 8.85. The third kappa shape index (κ3) is 3.86. The molecule has 2 atom stereocenters. The molecule has 2 aromatic carbocycles. The van der Waals surface area contributed by atoms with Crippen molar-refractivity contribution in [2.75, 3.05) is 0 Å². The Kier molecular flexibility index (Phi) is 5.33. The Labute approximate surface area is 214 Å². The number of benzene rings is 2. The third-order valence-corrected chi connectivity index (χ3v) is 6.48. The maximum absolute atomic E-state index is 13.6. The molecule has 1 amide bonds. The van der Waals surface area contributed by atoms with Crippen LogP contribution in [0.15, 0.2) is 55.1 Å². The number of imidazole rings is 1. The van der Waals surface area contributed by atoms with Crippen molar-refractivity contribution in [2.45, 2.75) is 30.4 Å². The molecule has 12 heteroatoms. The minimum Gasteiger partial charge on any atom is -0.434 e. The molecule has 0 saturated heterocycles. The highest BCUT2D eigenvalue weighted by Gasteiger charge is 2.48. The monoisotopic (exact) mass is 487 g/mol. The molecule has 2 aliphatic rings. The van der Waals surface area contributed by atoms with E-state index < -0.39 is 29.8 Å². The lowest BCUT2D eigenvalue weighted by molar-refractivity contribution is -0.0507. The molecule has 4 heterocycles. The summed E-state index contributed by atoms with van der Waals surface area (Å²) in [6.07, 6.45) is 4.90. The second-order valence-electron chi connectivity index (χ2n) is 8.85. The maximum Gasteiger partial charge on any atom is 0.387 e. The Bertz CT molecular complexity index is 1610. The van der Waals surface area contributed by atoms with Crippen molar-refractivity contribution in [2.24, 2.45) is 0 Å². The Hall–Kier alpha value is -4.13. The van der Waals surface area contributed by atoms with Gasteiger partial charge < -0.3 is 14.2 Å². The molecule has 0 aliphatic carbocycles. The predicted octanol–water partition coefficient (Wildman–Crippen LogP) is 2.43. The minimum atomic E-state index is -3.08. The normalized spacial score (nSPS) is 18.2. The van der Waals surface area contributed by atoms with Crippen LogP contribution in [0.1, 0.15) is 51.4 Å². The smallest absolute Gasteiger partial charge is 0.387 e. The van der Waals surface area contributed by atoms with E-state index in [1.807, 2.05) is 16.7 Å². The van der Waals surface area contributed by atoms with Crippen LogP contribution in [0.4, 0.5) is 8.78 Å². The molecule has 2 aromatic heterocycles. The second kappa shape index (κ2) is 8.48. The van der Waals surface area contributed by atoms with Crippen molar-refractivity contribution < 1.29 is 18.3 Å². The number of fused-ring (bicyclic) bond motifs is 9. The number of ether oxygens (including phenoxy) is 1. The number of hydrogen-bond donors (Lipinski definition) is 0. The lowest BCUT2D eigenvalue weighted by atomic mass is 9.48. The van der Waals surface area contributed by atoms with Crippen LogP contribution in [-0.4, -0.2) is 65.7 Å². The van der Waals surface area contributed by atoms with Gasteiger partial charge in [0.1, 0.15) is 17.9 Å². The molecule has 7 nitrogen and oxygen atoms in total. The van der Waals surface area contributed by atoms with Gasteiger partial charge in [0, 0.05) is 35.5 Å². The van der Waals surface area contributed by atoms with Crippen molar-refractivity contribution >= 4 is 40.5 Å². The highest BCUT2D eigenvalue weighted by atomic mass is 19.3. The predicted molar refractivity (Wildman–Crippen MR) is 132 cm³/mol. The van der Waals surface area contributed by atoms with Crippen LogP contribution in [-0.2, 0) is 0 Å². The number of carbonyl (C=O) groups excluding carboxylic acids is 1. The zero-order valence-electron chi connectivity index (χ0n) is 19.2. The molecule has 2 bridgehead atoms. The van der Waals surface area contributed by atoms with E-state index in [-0.39, 0.29) is 17.7 Å². The van der Waals surface area contributed by atoms with Gasteiger partial charge in [-0.05, 0) is 30.3 Å². The summed E-state index contributed by atoms with van der Waals surface area (Å²) >= 11 is 0. The average molecular weight is 487 g/mol. The van der Waals surface area contributed by atoms with E-state index in [1.54, 1.807) is 18.5 Å². The summed E-state index contributed by atoms with van der Waals surface area (Å²) in [4.78, 5) is 27.4. The molecule has 0 spiro atoms. The number of halogens is 2. The first kappa shape index (κ1) is 23.3. The maximum atomic E-state index is 13.6. The van der Waals surface area contributed by atoms with Crippen molar-refractivity contribution in [3.63, 3.8) is 0 Å². The average Bonchev–Trinajstić information content (AvgIpc) is 3.35. The molecule has 4 aromatic rings. The molecule has 0 saturated carbocycles. The Morgan fingerprint density at radius 2 is 1.81 bits per heavy atom. The largest absolute Gasteiger partial charge is 0.434 e. The lowest BCUT2D eigenvalue weighted by Crippen LogP contribution is -2.54. The number of alkyl halides is 2. The van der Waals surface area contributed by atoms with E-state index in [4.69, 9.17) is 33.3 Å². The fourth-order valence-electron chi connectivity index (χ4n) is 5.14. The fraction of sp³-hybridized carbons (Fsp3) is 0.200. The van der Waals surface area contributed by atoms with E-state index in [2.05, 4.69) is 21.8 Å². The van der Waals surface area contributed by atoms with Gasteiger partial charge in [0.25, 0.3) is 5.91 Å². The molecular weight excluding hydrogens is 473 g/mol. The molecular formula is C25H14B3F2N5O2. The summed E-state index contributed by atoms with van der Waals surface area (Å²) in [5, 5.41) is -2.03. The molecule has 2 unspecified atom stereocenters. The molecule has 0 fully saturated rings. The summed E-state index contributed by atoms with van der Waals surface area (Å²) in [5.41, 5.74) is 3.08. The highest BCUT2D eigenvalue weighted by molar-refractivity contribution is 6.60. The number of carbonyl (C=O) groups is 1. The van der Waals surface area contributed by atoms with E-state index in [1.165, 1.54) is 24.5 Å². The number of hydrogen-bond acceptors (Lipinski definition) is 5. The Morgan fingerprint density at radius 1 is 1.05 bits per heavy atom. The molecule has 0 N–H and O–H groups in total. The summed E-state index contributed by atoms with van der Waals surface area (Å²) in [7, 11) is 18.1. The SMILES string of the molecule is [B]C([B])([B])N1C(=O)c2cccc(OC(F)F)c2C2CC1c1nc3ccc(C#Cc4cncnc4)cc3n12. The van der Waals surface area contributed by atoms with Gasteiger partial charge in [-0.15, -0.1) is 0 Å². The number of amides is 1. The quantitative estimate of drug-likeness (QED) is 0.328. The Morgan fingerprint density at radius 3 is 2.54 bits per heavy atom. The van der Waals surface area contributed by atoms with Crippen molar-refractivity contribution in [1.29, 1.82) is 0 Å². The first-order valence-corrected chi connectivity index (χ1v) is 11.3. The number of aromatic nitrogens is 4. The first-order chi connectivity index (χ1) is 17.7. The van der Waals surface area contributed by atoms with Gasteiger partial charge in [-0.2, -0.15) is 8.78 Å². The van der Waals surface area contributed by atoms with Crippen LogP contribution in [0.5, 0.6) is 5.75 Å². The molecule has 37 heavy (non-hydrogen) atoms. The summed E-state index contributed by atoms with van der Waals surface area (Å²) in [5.74, 6) is 5.87. The van der Waals surface area contributed by atoms with Gasteiger partial charge in [-0.1, -0.05) is 23.1 Å². The van der Waals surface area contributed by atoms with Gasteiger partial charge >= 0.3 is 6.61 Å². The molecule has 174 valence electrons. The summed E-state index contributed by atoms with van der Waals surface area (Å²) < 4.78 is 33.4. The standard InChI is InChI=1S/C25H14B3F2N5O2/c26-25(27,28)35-19-9-18(21-15(23(35)36)2-1-3-20(21)37-24(29)30)34-17-8-13(6-7-16(17)33-22(19)34)4-5-14-10-31-12-32-11-14/h1-3,6-8,10-12,18-19,24H,9H2. The van der Waals surface area contributed by atoms with E-state index in [9.17, 15) is 13.6 Å². The molecule has 6 radical (unpaired) electrons. The number of rotatable bonds is 3. The van der Waals surface area contributed by atoms with Gasteiger partial charge in [-0.25, -0.2) is 15.0 Å². The lowest BCUT2D eigenvalue weighted by Gasteiger charge is -2.41. The van der Waals surface area contributed by atoms with E-state index in [0.717, 1.165) is 4.90 Å². The summed E-state index contributed by atoms with van der Waals surface area (Å²) in [6.45, 7) is -3.08. The van der Waals surface area contributed by atoms with Gasteiger partial charge in [-0.3, -0.25) is 4.79 Å². The van der Waals surface area contributed by atoms with Gasteiger partial charge in [0.15, 0.2) is 0 Å².